The van der Waals surface area contributed by atoms with E-state index in [0.29, 0.717) is 0 Å². The van der Waals surface area contributed by atoms with Gasteiger partial charge in [0.15, 0.2) is 0 Å². The van der Waals surface area contributed by atoms with Gasteiger partial charge in [-0.3, -0.25) is 0 Å². The third kappa shape index (κ3) is 1.52. The van der Waals surface area contributed by atoms with E-state index in [9.17, 15) is 0 Å². The second kappa shape index (κ2) is 3.77. The highest BCUT2D eigenvalue weighted by atomic mass is 79.9. The second-order valence-electron chi connectivity index (χ2n) is 4.62. The maximum Gasteiger partial charge on any atom is 0.0446 e. The molecule has 2 aromatic carbocycles. The first-order chi connectivity index (χ1) is 7.75. The van der Waals surface area contributed by atoms with Crippen LogP contribution in [-0.2, 0) is 0 Å². The summed E-state index contributed by atoms with van der Waals surface area (Å²) < 4.78 is 1.18. The summed E-state index contributed by atoms with van der Waals surface area (Å²) in [5, 5.41) is 2.66. The normalized spacial score (nSPS) is 16.5. The molecule has 0 bridgehead atoms. The lowest BCUT2D eigenvalue weighted by atomic mass is 9.99. The zero-order valence-electron chi connectivity index (χ0n) is 9.28. The average molecular weight is 276 g/mol. The Morgan fingerprint density at radius 1 is 1.06 bits per heavy atom. The second-order valence-corrected chi connectivity index (χ2v) is 5.48. The molecule has 16 heavy (non-hydrogen) atoms. The van der Waals surface area contributed by atoms with E-state index in [1.807, 2.05) is 0 Å². The quantitative estimate of drug-likeness (QED) is 0.759. The third-order valence-corrected chi connectivity index (χ3v) is 3.94. The Hall–Kier alpha value is -1.02. The van der Waals surface area contributed by atoms with Crippen LogP contribution in [-0.4, -0.2) is 13.1 Å². The van der Waals surface area contributed by atoms with Crippen LogP contribution in [0.15, 0.2) is 40.9 Å². The van der Waals surface area contributed by atoms with E-state index in [1.165, 1.54) is 34.0 Å². The molecule has 0 aliphatic carbocycles. The van der Waals surface area contributed by atoms with E-state index in [4.69, 9.17) is 0 Å². The molecular formula is C14H14BrN. The smallest absolute Gasteiger partial charge is 0.0446 e. The Kier molecular flexibility index (Phi) is 2.40. The maximum absolute atomic E-state index is 3.61. The van der Waals surface area contributed by atoms with E-state index in [0.717, 1.165) is 5.92 Å². The van der Waals surface area contributed by atoms with Crippen molar-refractivity contribution in [2.45, 2.75) is 6.92 Å². The Morgan fingerprint density at radius 2 is 1.75 bits per heavy atom. The molecule has 2 heteroatoms. The molecule has 0 atom stereocenters. The number of anilines is 1. The van der Waals surface area contributed by atoms with Crippen LogP contribution in [0.3, 0.4) is 0 Å². The van der Waals surface area contributed by atoms with E-state index in [2.05, 4.69) is 64.2 Å². The van der Waals surface area contributed by atoms with Crippen LogP contribution in [0.2, 0.25) is 0 Å². The SMILES string of the molecule is CC1CN(c2ccc(Br)c3ccccc23)C1. The summed E-state index contributed by atoms with van der Waals surface area (Å²) in [4.78, 5) is 2.46. The van der Waals surface area contributed by atoms with Crippen molar-refractivity contribution in [1.29, 1.82) is 0 Å². The van der Waals surface area contributed by atoms with Crippen LogP contribution in [0.25, 0.3) is 10.8 Å². The minimum Gasteiger partial charge on any atom is -0.370 e. The molecule has 0 aromatic heterocycles. The van der Waals surface area contributed by atoms with E-state index in [-0.39, 0.29) is 0 Å². The maximum atomic E-state index is 3.61. The predicted octanol–water partition coefficient (Wildman–Crippen LogP) is 4.06. The molecular weight excluding hydrogens is 262 g/mol. The van der Waals surface area contributed by atoms with E-state index < -0.39 is 0 Å². The van der Waals surface area contributed by atoms with Crippen molar-refractivity contribution >= 4 is 32.4 Å². The fourth-order valence-electron chi connectivity index (χ4n) is 2.42. The van der Waals surface area contributed by atoms with Gasteiger partial charge in [-0.1, -0.05) is 47.1 Å². The van der Waals surface area contributed by atoms with E-state index in [1.54, 1.807) is 0 Å². The number of benzene rings is 2. The fraction of sp³-hybridized carbons (Fsp3) is 0.286. The molecule has 1 heterocycles. The fourth-order valence-corrected chi connectivity index (χ4v) is 2.90. The molecule has 1 aliphatic rings. The lowest BCUT2D eigenvalue weighted by Crippen LogP contribution is -2.45. The van der Waals surface area contributed by atoms with Gasteiger partial charge in [0, 0.05) is 28.6 Å². The van der Waals surface area contributed by atoms with E-state index >= 15 is 0 Å². The molecule has 0 unspecified atom stereocenters. The van der Waals surface area contributed by atoms with Crippen molar-refractivity contribution in [3.05, 3.63) is 40.9 Å². The van der Waals surface area contributed by atoms with Gasteiger partial charge in [0.05, 0.1) is 0 Å². The van der Waals surface area contributed by atoms with Crippen LogP contribution in [0.1, 0.15) is 6.92 Å². The molecule has 1 aliphatic heterocycles. The average Bonchev–Trinajstić information content (AvgIpc) is 2.27. The minimum atomic E-state index is 0.836. The first-order valence-electron chi connectivity index (χ1n) is 5.68. The number of hydrogen-bond donors (Lipinski definition) is 0. The highest BCUT2D eigenvalue weighted by Gasteiger charge is 2.23. The lowest BCUT2D eigenvalue weighted by molar-refractivity contribution is 0.448. The van der Waals surface area contributed by atoms with Gasteiger partial charge in [-0.05, 0) is 23.4 Å². The number of halogens is 1. The topological polar surface area (TPSA) is 3.24 Å². The zero-order valence-corrected chi connectivity index (χ0v) is 10.9. The summed E-state index contributed by atoms with van der Waals surface area (Å²) in [7, 11) is 0. The largest absolute Gasteiger partial charge is 0.370 e. The molecule has 1 fully saturated rings. The van der Waals surface area contributed by atoms with Crippen molar-refractivity contribution in [3.63, 3.8) is 0 Å². The number of fused-ring (bicyclic) bond motifs is 1. The van der Waals surface area contributed by atoms with Crippen molar-refractivity contribution in [2.24, 2.45) is 5.92 Å². The van der Waals surface area contributed by atoms with Crippen LogP contribution in [0.5, 0.6) is 0 Å². The molecule has 0 amide bonds. The Labute approximate surface area is 104 Å². The molecule has 82 valence electrons. The minimum absolute atomic E-state index is 0.836. The molecule has 3 rings (SSSR count). The van der Waals surface area contributed by atoms with Gasteiger partial charge in [-0.2, -0.15) is 0 Å². The van der Waals surface area contributed by atoms with Gasteiger partial charge in [-0.15, -0.1) is 0 Å². The standard InChI is InChI=1S/C14H14BrN/c1-10-8-16(9-10)14-7-6-13(15)11-4-2-3-5-12(11)14/h2-7,10H,8-9H2,1H3. The summed E-state index contributed by atoms with van der Waals surface area (Å²) >= 11 is 3.61. The zero-order chi connectivity index (χ0) is 11.1. The van der Waals surface area contributed by atoms with Crippen molar-refractivity contribution < 1.29 is 0 Å². The summed E-state index contributed by atoms with van der Waals surface area (Å²) in [5.74, 6) is 0.836. The summed E-state index contributed by atoms with van der Waals surface area (Å²) in [5.41, 5.74) is 1.37. The first kappa shape index (κ1) is 10.2. The summed E-state index contributed by atoms with van der Waals surface area (Å²) in [6.45, 7) is 4.68. The number of rotatable bonds is 1. The van der Waals surface area contributed by atoms with Gasteiger partial charge < -0.3 is 4.90 Å². The Balaban J connectivity index is 2.15. The van der Waals surface area contributed by atoms with Gasteiger partial charge >= 0.3 is 0 Å². The third-order valence-electron chi connectivity index (χ3n) is 3.25. The summed E-state index contributed by atoms with van der Waals surface area (Å²) in [6, 6.07) is 13.0. The van der Waals surface area contributed by atoms with Crippen LogP contribution >= 0.6 is 15.9 Å². The Morgan fingerprint density at radius 3 is 2.44 bits per heavy atom. The van der Waals surface area contributed by atoms with Crippen LogP contribution in [0, 0.1) is 5.92 Å². The molecule has 1 nitrogen and oxygen atoms in total. The summed E-state index contributed by atoms with van der Waals surface area (Å²) in [6.07, 6.45) is 0. The van der Waals surface area contributed by atoms with Crippen molar-refractivity contribution in [3.8, 4) is 0 Å². The molecule has 1 saturated heterocycles. The molecule has 0 N–H and O–H groups in total. The molecule has 0 radical (unpaired) electrons. The molecule has 2 aromatic rings. The van der Waals surface area contributed by atoms with Crippen LogP contribution < -0.4 is 4.90 Å². The van der Waals surface area contributed by atoms with Crippen LogP contribution in [0.4, 0.5) is 5.69 Å². The van der Waals surface area contributed by atoms with Gasteiger partial charge in [0.1, 0.15) is 0 Å². The van der Waals surface area contributed by atoms with Gasteiger partial charge in [0.25, 0.3) is 0 Å². The molecule has 0 spiro atoms. The van der Waals surface area contributed by atoms with Crippen molar-refractivity contribution in [1.82, 2.24) is 0 Å². The Bertz CT molecular complexity index is 529. The lowest BCUT2D eigenvalue weighted by Gasteiger charge is -2.40. The first-order valence-corrected chi connectivity index (χ1v) is 6.47. The van der Waals surface area contributed by atoms with Gasteiger partial charge in [-0.25, -0.2) is 0 Å². The van der Waals surface area contributed by atoms with Gasteiger partial charge in [0.2, 0.25) is 0 Å². The van der Waals surface area contributed by atoms with Crippen molar-refractivity contribution in [2.75, 3.05) is 18.0 Å². The number of nitrogens with zero attached hydrogens (tertiary/aromatic N) is 1. The number of hydrogen-bond acceptors (Lipinski definition) is 1. The highest BCUT2D eigenvalue weighted by molar-refractivity contribution is 9.10. The highest BCUT2D eigenvalue weighted by Crippen LogP contribution is 2.35. The monoisotopic (exact) mass is 275 g/mol. The predicted molar refractivity (Wildman–Crippen MR) is 73.0 cm³/mol. The molecule has 0 saturated carbocycles.